The van der Waals surface area contributed by atoms with Crippen LogP contribution in [0.4, 0.5) is 5.69 Å². The summed E-state index contributed by atoms with van der Waals surface area (Å²) in [5, 5.41) is 0. The van der Waals surface area contributed by atoms with Gasteiger partial charge in [0.1, 0.15) is 0 Å². The summed E-state index contributed by atoms with van der Waals surface area (Å²) in [6, 6.07) is 13.1. The number of nitrogen functional groups attached to an aromatic ring is 1. The quantitative estimate of drug-likeness (QED) is 0.784. The molecule has 0 aliphatic heterocycles. The lowest BCUT2D eigenvalue weighted by Gasteiger charge is -2.10. The molecule has 2 N–H and O–H groups in total. The zero-order chi connectivity index (χ0) is 13.1. The van der Waals surface area contributed by atoms with Gasteiger partial charge in [0.25, 0.3) is 0 Å². The molecule has 2 aromatic rings. The van der Waals surface area contributed by atoms with Gasteiger partial charge in [-0.25, -0.2) is 0 Å². The first kappa shape index (κ1) is 12.7. The predicted molar refractivity (Wildman–Crippen MR) is 79.8 cm³/mol. The van der Waals surface area contributed by atoms with Crippen molar-refractivity contribution in [3.8, 4) is 11.1 Å². The van der Waals surface area contributed by atoms with E-state index in [1.807, 2.05) is 0 Å². The fraction of sp³-hybridized carbons (Fsp3) is 0.294. The maximum absolute atomic E-state index is 6.01. The molecule has 0 spiro atoms. The van der Waals surface area contributed by atoms with Crippen LogP contribution in [0.2, 0.25) is 0 Å². The minimum absolute atomic E-state index is 0.906. The summed E-state index contributed by atoms with van der Waals surface area (Å²) in [5.74, 6) is 0. The maximum atomic E-state index is 6.01. The van der Waals surface area contributed by atoms with E-state index in [1.165, 1.54) is 23.1 Å². The normalized spacial score (nSPS) is 10.6. The van der Waals surface area contributed by atoms with Crippen molar-refractivity contribution < 1.29 is 0 Å². The first-order valence-electron chi connectivity index (χ1n) is 6.58. The Morgan fingerprint density at radius 2 is 1.61 bits per heavy atom. The largest absolute Gasteiger partial charge is 0.398 e. The van der Waals surface area contributed by atoms with E-state index in [2.05, 4.69) is 57.2 Å². The highest BCUT2D eigenvalue weighted by Gasteiger charge is 2.04. The highest BCUT2D eigenvalue weighted by molar-refractivity contribution is 5.70. The predicted octanol–water partition coefficient (Wildman–Crippen LogP) is 4.51. The zero-order valence-electron chi connectivity index (χ0n) is 11.5. The maximum Gasteiger partial charge on any atom is 0.0373 e. The molecule has 0 bridgehead atoms. The van der Waals surface area contributed by atoms with Gasteiger partial charge in [-0.05, 0) is 60.2 Å². The standard InChI is InChI=1S/C17H21N/c1-4-6-14-7-5-8-15(11-14)16-9-12(2)17(18)13(3)10-16/h5,7-11H,4,6,18H2,1-3H3. The second kappa shape index (κ2) is 5.26. The third-order valence-corrected chi connectivity index (χ3v) is 3.39. The van der Waals surface area contributed by atoms with Gasteiger partial charge in [0.15, 0.2) is 0 Å². The molecular weight excluding hydrogens is 218 g/mol. The van der Waals surface area contributed by atoms with Gasteiger partial charge in [0.05, 0.1) is 0 Å². The minimum atomic E-state index is 0.906. The summed E-state index contributed by atoms with van der Waals surface area (Å²) >= 11 is 0. The molecule has 18 heavy (non-hydrogen) atoms. The monoisotopic (exact) mass is 239 g/mol. The molecule has 0 fully saturated rings. The van der Waals surface area contributed by atoms with E-state index in [-0.39, 0.29) is 0 Å². The molecular formula is C17H21N. The molecule has 0 saturated heterocycles. The van der Waals surface area contributed by atoms with Crippen LogP contribution in [0.1, 0.15) is 30.0 Å². The SMILES string of the molecule is CCCc1cccc(-c2cc(C)c(N)c(C)c2)c1. The van der Waals surface area contributed by atoms with E-state index in [0.717, 1.165) is 23.2 Å². The number of rotatable bonds is 3. The van der Waals surface area contributed by atoms with Crippen molar-refractivity contribution in [1.82, 2.24) is 0 Å². The topological polar surface area (TPSA) is 26.0 Å². The molecule has 0 atom stereocenters. The third kappa shape index (κ3) is 2.56. The summed E-state index contributed by atoms with van der Waals surface area (Å²) in [7, 11) is 0. The van der Waals surface area contributed by atoms with Crippen molar-refractivity contribution in [1.29, 1.82) is 0 Å². The Morgan fingerprint density at radius 3 is 2.22 bits per heavy atom. The summed E-state index contributed by atoms with van der Waals surface area (Å²) in [5.41, 5.74) is 13.2. The summed E-state index contributed by atoms with van der Waals surface area (Å²) in [6.07, 6.45) is 2.32. The van der Waals surface area contributed by atoms with Crippen molar-refractivity contribution in [3.63, 3.8) is 0 Å². The smallest absolute Gasteiger partial charge is 0.0373 e. The highest BCUT2D eigenvalue weighted by atomic mass is 14.6. The van der Waals surface area contributed by atoms with Gasteiger partial charge in [0, 0.05) is 5.69 Å². The van der Waals surface area contributed by atoms with Gasteiger partial charge >= 0.3 is 0 Å². The molecule has 0 amide bonds. The van der Waals surface area contributed by atoms with E-state index >= 15 is 0 Å². The van der Waals surface area contributed by atoms with Gasteiger partial charge in [-0.15, -0.1) is 0 Å². The molecule has 1 heteroatoms. The molecule has 0 aliphatic rings. The van der Waals surface area contributed by atoms with Gasteiger partial charge in [-0.2, -0.15) is 0 Å². The van der Waals surface area contributed by atoms with Crippen LogP contribution in [-0.2, 0) is 6.42 Å². The molecule has 2 rings (SSSR count). The van der Waals surface area contributed by atoms with Gasteiger partial charge in [0.2, 0.25) is 0 Å². The fourth-order valence-corrected chi connectivity index (χ4v) is 2.34. The lowest BCUT2D eigenvalue weighted by molar-refractivity contribution is 0.922. The van der Waals surface area contributed by atoms with E-state index in [9.17, 15) is 0 Å². The molecule has 1 nitrogen and oxygen atoms in total. The number of nitrogens with two attached hydrogens (primary N) is 1. The fourth-order valence-electron chi connectivity index (χ4n) is 2.34. The summed E-state index contributed by atoms with van der Waals surface area (Å²) in [6.45, 7) is 6.35. The van der Waals surface area contributed by atoms with Crippen LogP contribution < -0.4 is 5.73 Å². The van der Waals surface area contributed by atoms with Crippen LogP contribution in [0.15, 0.2) is 36.4 Å². The van der Waals surface area contributed by atoms with Gasteiger partial charge in [-0.1, -0.05) is 37.6 Å². The van der Waals surface area contributed by atoms with Crippen LogP contribution in [-0.4, -0.2) is 0 Å². The van der Waals surface area contributed by atoms with Crippen molar-refractivity contribution in [2.75, 3.05) is 5.73 Å². The van der Waals surface area contributed by atoms with Crippen LogP contribution in [0, 0.1) is 13.8 Å². The molecule has 0 aromatic heterocycles. The van der Waals surface area contributed by atoms with E-state index in [0.29, 0.717) is 0 Å². The highest BCUT2D eigenvalue weighted by Crippen LogP contribution is 2.27. The lowest BCUT2D eigenvalue weighted by Crippen LogP contribution is -1.94. The van der Waals surface area contributed by atoms with Crippen molar-refractivity contribution in [2.24, 2.45) is 0 Å². The number of benzene rings is 2. The molecule has 0 aliphatic carbocycles. The molecule has 0 radical (unpaired) electrons. The first-order valence-corrected chi connectivity index (χ1v) is 6.58. The Kier molecular flexibility index (Phi) is 3.71. The number of hydrogen-bond donors (Lipinski definition) is 1. The Labute approximate surface area is 110 Å². The molecule has 2 aromatic carbocycles. The third-order valence-electron chi connectivity index (χ3n) is 3.39. The summed E-state index contributed by atoms with van der Waals surface area (Å²) < 4.78 is 0. The van der Waals surface area contributed by atoms with Gasteiger partial charge in [-0.3, -0.25) is 0 Å². The Balaban J connectivity index is 2.45. The average molecular weight is 239 g/mol. The van der Waals surface area contributed by atoms with Crippen molar-refractivity contribution in [2.45, 2.75) is 33.6 Å². The van der Waals surface area contributed by atoms with E-state index < -0.39 is 0 Å². The molecule has 94 valence electrons. The lowest BCUT2D eigenvalue weighted by atomic mass is 9.97. The Bertz CT molecular complexity index is 532. The van der Waals surface area contributed by atoms with Crippen LogP contribution in [0.5, 0.6) is 0 Å². The zero-order valence-corrected chi connectivity index (χ0v) is 11.5. The Hall–Kier alpha value is -1.76. The molecule has 0 unspecified atom stereocenters. The average Bonchev–Trinajstić information content (AvgIpc) is 2.36. The van der Waals surface area contributed by atoms with Gasteiger partial charge < -0.3 is 5.73 Å². The number of aryl methyl sites for hydroxylation is 3. The number of hydrogen-bond acceptors (Lipinski definition) is 1. The molecule has 0 heterocycles. The van der Waals surface area contributed by atoms with Crippen molar-refractivity contribution >= 4 is 5.69 Å². The second-order valence-corrected chi connectivity index (χ2v) is 4.97. The first-order chi connectivity index (χ1) is 8.61. The minimum Gasteiger partial charge on any atom is -0.398 e. The van der Waals surface area contributed by atoms with Crippen LogP contribution >= 0.6 is 0 Å². The van der Waals surface area contributed by atoms with E-state index in [4.69, 9.17) is 5.73 Å². The molecule has 0 saturated carbocycles. The van der Waals surface area contributed by atoms with Crippen LogP contribution in [0.3, 0.4) is 0 Å². The van der Waals surface area contributed by atoms with Crippen LogP contribution in [0.25, 0.3) is 11.1 Å². The second-order valence-electron chi connectivity index (χ2n) is 4.97. The Morgan fingerprint density at radius 1 is 0.944 bits per heavy atom. The van der Waals surface area contributed by atoms with Crippen molar-refractivity contribution in [3.05, 3.63) is 53.1 Å². The van der Waals surface area contributed by atoms with E-state index in [1.54, 1.807) is 0 Å². The number of anilines is 1. The summed E-state index contributed by atoms with van der Waals surface area (Å²) in [4.78, 5) is 0.